The molecule has 0 saturated heterocycles. The second kappa shape index (κ2) is 32.8. The maximum absolute atomic E-state index is 1.54. The molecule has 1 nitrogen and oxygen atoms in total. The molecule has 0 rings (SSSR count). The van der Waals surface area contributed by atoms with Crippen molar-refractivity contribution in [2.45, 2.75) is 0 Å². The van der Waals surface area contributed by atoms with Crippen molar-refractivity contribution in [1.82, 2.24) is 0 Å². The Balaban J connectivity index is -0.000000000833. The third kappa shape index (κ3) is 23.2. The molecule has 0 aromatic heterocycles. The molecule has 7 radical (unpaired) electrons. The topological polar surface area (TPSA) is 31.5 Å². The van der Waals surface area contributed by atoms with E-state index in [0.29, 0.717) is 0 Å². The predicted molar refractivity (Wildman–Crippen MR) is 20.9 cm³/mol. The van der Waals surface area contributed by atoms with Crippen LogP contribution in [-0.4, -0.2) is 87.2 Å². The third-order valence-corrected chi connectivity index (χ3v) is 0. The van der Waals surface area contributed by atoms with Gasteiger partial charge in [-0.3, -0.25) is 0 Å². The van der Waals surface area contributed by atoms with Crippen LogP contribution < -0.4 is 0 Å². The molecule has 0 unspecified atom stereocenters. The van der Waals surface area contributed by atoms with Crippen LogP contribution in [-0.2, 0) is 39.4 Å². The van der Waals surface area contributed by atoms with Crippen molar-refractivity contribution in [3.63, 3.8) is 0 Å². The van der Waals surface area contributed by atoms with E-state index in [2.05, 4.69) is 0 Å². The number of hydrogen-bond acceptors (Lipinski definition) is 0. The van der Waals surface area contributed by atoms with E-state index in [4.69, 9.17) is 0 Å². The summed E-state index contributed by atoms with van der Waals surface area (Å²) in [6, 6.07) is 0. The molecule has 0 fully saturated rings. The molecule has 0 heterocycles. The number of rotatable bonds is 0. The zero-order chi connectivity index (χ0) is 2.00. The van der Waals surface area contributed by atoms with Gasteiger partial charge in [-0.1, -0.05) is 0 Å². The minimum absolute atomic E-state index is 0. The van der Waals surface area contributed by atoms with Crippen molar-refractivity contribution >= 4 is 81.8 Å². The molecule has 0 aromatic rings. The second-order valence-electron chi connectivity index (χ2n) is 0. The van der Waals surface area contributed by atoms with Crippen molar-refractivity contribution < 1.29 is 44.9 Å². The Labute approximate surface area is 122 Å². The summed E-state index contributed by atoms with van der Waals surface area (Å²) in [4.78, 5) is 0. The van der Waals surface area contributed by atoms with Crippen LogP contribution >= 0.6 is 0 Å². The van der Waals surface area contributed by atoms with Gasteiger partial charge in [0.05, 0.1) is 0 Å². The Morgan fingerprint density at radius 1 is 1.17 bits per heavy atom. The van der Waals surface area contributed by atoms with Gasteiger partial charge in [0.25, 0.3) is 0 Å². The van der Waals surface area contributed by atoms with E-state index in [9.17, 15) is 0 Å². The summed E-state index contributed by atoms with van der Waals surface area (Å²) < 4.78 is 0. The van der Waals surface area contributed by atoms with E-state index < -0.39 is 0 Å². The molecule has 39 valence electrons. The Kier molecular flexibility index (Phi) is 168. The van der Waals surface area contributed by atoms with Gasteiger partial charge in [0, 0.05) is 65.7 Å². The summed E-state index contributed by atoms with van der Waals surface area (Å²) in [5.41, 5.74) is 0. The first-order chi connectivity index (χ1) is 1.00. The Morgan fingerprint density at radius 2 is 1.17 bits per heavy atom. The second-order valence-corrected chi connectivity index (χ2v) is 0. The van der Waals surface area contributed by atoms with Crippen LogP contribution in [0.4, 0.5) is 0 Å². The molecular formula is H2AgBiCaCuOSr. The van der Waals surface area contributed by atoms with Crippen LogP contribution in [0.25, 0.3) is 0 Å². The van der Waals surface area contributed by atoms with Crippen LogP contribution in [0.1, 0.15) is 0 Å². The molecule has 0 bridgehead atoms. The summed E-state index contributed by atoms with van der Waals surface area (Å²) in [6.07, 6.45) is 0. The molecule has 0 amide bonds. The smallest absolute Gasteiger partial charge is 0 e. The standard InChI is InChI=1S/Ag.Bi.Ca.Cu.H2O.Sr/h;;;;1H2;. The average molecular weight is 526 g/mol. The van der Waals surface area contributed by atoms with Crippen LogP contribution in [0, 0.1) is 0 Å². The van der Waals surface area contributed by atoms with Gasteiger partial charge in [-0.2, -0.15) is 0 Å². The van der Waals surface area contributed by atoms with Gasteiger partial charge in [-0.05, 0) is 0 Å². The fraction of sp³-hybridized carbons (Fsp3) is 0. The van der Waals surface area contributed by atoms with Gasteiger partial charge in [-0.25, -0.2) is 0 Å². The van der Waals surface area contributed by atoms with Crippen molar-refractivity contribution in [3.8, 4) is 0 Å². The summed E-state index contributed by atoms with van der Waals surface area (Å²) in [6.45, 7) is 0. The fourth-order valence-corrected chi connectivity index (χ4v) is 0. The van der Waals surface area contributed by atoms with Gasteiger partial charge in [0.1, 0.15) is 0 Å². The molecule has 0 aliphatic carbocycles. The van der Waals surface area contributed by atoms with E-state index >= 15 is 0 Å². The normalized spacial score (nSPS) is 0.333. The maximum Gasteiger partial charge on any atom is 0 e. The van der Waals surface area contributed by atoms with Gasteiger partial charge in [-0.15, -0.1) is 0 Å². The average Bonchev–Trinajstić information content (AvgIpc) is 1.00. The van der Waals surface area contributed by atoms with Crippen LogP contribution in [0.3, 0.4) is 0 Å². The SMILES string of the molecule is O.[Ag].[Bi].[Ca][Sr].[Cu]. The van der Waals surface area contributed by atoms with E-state index in [1.165, 1.54) is 32.3 Å². The van der Waals surface area contributed by atoms with Crippen molar-refractivity contribution in [1.29, 1.82) is 0 Å². The van der Waals surface area contributed by atoms with Crippen molar-refractivity contribution in [2.24, 2.45) is 0 Å². The van der Waals surface area contributed by atoms with Gasteiger partial charge in [0.2, 0.25) is 0 Å². The first-order valence-corrected chi connectivity index (χ1v) is 12.2. The maximum atomic E-state index is 1.54. The molecule has 0 atom stereocenters. The Hall–Kier alpha value is 4.84. The van der Waals surface area contributed by atoms with Crippen LogP contribution in [0.5, 0.6) is 0 Å². The van der Waals surface area contributed by atoms with Crippen LogP contribution in [0.15, 0.2) is 0 Å². The molecular weight excluding hydrogens is 524 g/mol. The minimum Gasteiger partial charge on any atom is 0 e. The van der Waals surface area contributed by atoms with Crippen LogP contribution in [0.2, 0.25) is 0 Å². The van der Waals surface area contributed by atoms with E-state index in [0.717, 1.165) is 0 Å². The van der Waals surface area contributed by atoms with E-state index in [1.54, 1.807) is 23.3 Å². The Morgan fingerprint density at radius 3 is 1.17 bits per heavy atom. The van der Waals surface area contributed by atoms with Crippen molar-refractivity contribution in [2.75, 3.05) is 0 Å². The van der Waals surface area contributed by atoms with E-state index in [-0.39, 0.29) is 71.1 Å². The summed E-state index contributed by atoms with van der Waals surface area (Å²) >= 11 is 2.82. The van der Waals surface area contributed by atoms with Gasteiger partial charge in [0.15, 0.2) is 0 Å². The summed E-state index contributed by atoms with van der Waals surface area (Å²) in [5, 5.41) is 0. The Bertz CT molecular complexity index is 15.5. The molecule has 6 heavy (non-hydrogen) atoms. The first kappa shape index (κ1) is 30.8. The predicted octanol–water partition coefficient (Wildman–Crippen LogP) is -1.97. The van der Waals surface area contributed by atoms with Crippen molar-refractivity contribution in [3.05, 3.63) is 0 Å². The molecule has 2 N–H and O–H groups in total. The molecule has 6 heteroatoms. The molecule has 0 aromatic carbocycles. The molecule has 0 spiro atoms. The zero-order valence-corrected chi connectivity index (χ0v) is 14.5. The molecule has 0 aliphatic heterocycles. The number of hydrogen-bond donors (Lipinski definition) is 0. The first-order valence-electron chi connectivity index (χ1n) is 0.500. The third-order valence-electron chi connectivity index (χ3n) is 0. The van der Waals surface area contributed by atoms with E-state index in [1.807, 2.05) is 0 Å². The largest absolute Gasteiger partial charge is 0 e. The summed E-state index contributed by atoms with van der Waals surface area (Å²) in [5.74, 6) is 0. The van der Waals surface area contributed by atoms with Gasteiger partial charge >= 0.3 is 55.6 Å². The quantitative estimate of drug-likeness (QED) is 0.329. The molecule has 0 aliphatic rings. The fourth-order valence-electron chi connectivity index (χ4n) is 0. The van der Waals surface area contributed by atoms with Gasteiger partial charge < -0.3 is 5.48 Å². The monoisotopic (exact) mass is 525 g/mol. The molecule has 0 saturated carbocycles. The minimum atomic E-state index is 0. The summed E-state index contributed by atoms with van der Waals surface area (Å²) in [7, 11) is 0. The zero-order valence-electron chi connectivity index (χ0n) is 2.96.